The molecular weight excluding hydrogens is 385 g/mol. The van der Waals surface area contributed by atoms with Crippen LogP contribution in [-0.4, -0.2) is 42.6 Å². The number of hydrogen-bond donors (Lipinski definition) is 2. The lowest BCUT2D eigenvalue weighted by Crippen LogP contribution is -2.54. The lowest BCUT2D eigenvalue weighted by molar-refractivity contribution is -0.137. The van der Waals surface area contributed by atoms with E-state index in [9.17, 15) is 31.8 Å². The fraction of sp³-hybridized carbons (Fsp3) is 0.588. The van der Waals surface area contributed by atoms with E-state index in [1.54, 1.807) is 0 Å². The number of halogens is 3. The Morgan fingerprint density at radius 2 is 2.00 bits per heavy atom. The Kier molecular flexibility index (Phi) is 3.84. The molecule has 0 amide bonds. The van der Waals surface area contributed by atoms with Crippen molar-refractivity contribution in [2.45, 2.75) is 29.9 Å². The maximum absolute atomic E-state index is 13.3. The minimum atomic E-state index is -4.80. The Labute approximate surface area is 153 Å². The predicted molar refractivity (Wildman–Crippen MR) is 88.0 cm³/mol. The summed E-state index contributed by atoms with van der Waals surface area (Å²) >= 11 is 0. The maximum atomic E-state index is 13.3. The van der Waals surface area contributed by atoms with E-state index in [0.29, 0.717) is 18.9 Å². The van der Waals surface area contributed by atoms with Gasteiger partial charge in [-0.25, -0.2) is 8.42 Å². The molecule has 1 aliphatic heterocycles. The molecule has 1 aromatic rings. The van der Waals surface area contributed by atoms with Crippen LogP contribution in [0.15, 0.2) is 18.2 Å². The van der Waals surface area contributed by atoms with Gasteiger partial charge in [0.05, 0.1) is 35.6 Å². The van der Waals surface area contributed by atoms with Crippen LogP contribution in [-0.2, 0) is 16.2 Å². The Bertz CT molecular complexity index is 942. The topological polar surface area (TPSA) is 102 Å². The third-order valence-corrected chi connectivity index (χ3v) is 9.12. The number of aliphatic hydroxyl groups is 2. The molecule has 0 radical (unpaired) electrons. The van der Waals surface area contributed by atoms with Gasteiger partial charge >= 0.3 is 6.18 Å². The molecule has 146 valence electrons. The minimum absolute atomic E-state index is 0.0417. The van der Waals surface area contributed by atoms with Crippen molar-refractivity contribution in [3.8, 4) is 6.07 Å². The normalized spacial score (nSPS) is 36.7. The fourth-order valence-corrected chi connectivity index (χ4v) is 7.94. The first-order chi connectivity index (χ1) is 12.6. The molecule has 3 aliphatic rings. The van der Waals surface area contributed by atoms with Gasteiger partial charge in [-0.2, -0.15) is 18.4 Å². The molecule has 0 aromatic heterocycles. The molecule has 1 heterocycles. The lowest BCUT2D eigenvalue weighted by atomic mass is 9.77. The second-order valence-electron chi connectivity index (χ2n) is 7.50. The number of fused-ring (bicyclic) bond motifs is 5. The zero-order chi connectivity index (χ0) is 19.8. The number of nitriles is 1. The third kappa shape index (κ3) is 2.22. The van der Waals surface area contributed by atoms with E-state index < -0.39 is 56.6 Å². The molecule has 4 rings (SSSR count). The zero-order valence-electron chi connectivity index (χ0n) is 14.0. The third-order valence-electron chi connectivity index (χ3n) is 6.49. The van der Waals surface area contributed by atoms with Crippen LogP contribution in [0.2, 0.25) is 0 Å². The molecule has 2 aliphatic carbocycles. The van der Waals surface area contributed by atoms with E-state index in [2.05, 4.69) is 0 Å². The molecule has 2 bridgehead atoms. The molecule has 1 saturated heterocycles. The first-order valence-electron chi connectivity index (χ1n) is 8.50. The first kappa shape index (κ1) is 18.5. The van der Waals surface area contributed by atoms with Crippen molar-refractivity contribution < 1.29 is 31.8 Å². The van der Waals surface area contributed by atoms with Gasteiger partial charge < -0.3 is 10.2 Å². The predicted octanol–water partition coefficient (Wildman–Crippen LogP) is 1.47. The van der Waals surface area contributed by atoms with Crippen molar-refractivity contribution in [2.24, 2.45) is 17.8 Å². The average Bonchev–Trinajstić information content (AvgIpc) is 3.20. The van der Waals surface area contributed by atoms with Crippen molar-refractivity contribution in [1.29, 1.82) is 5.26 Å². The molecule has 6 nitrogen and oxygen atoms in total. The van der Waals surface area contributed by atoms with Crippen molar-refractivity contribution in [2.75, 3.05) is 17.5 Å². The Balaban J connectivity index is 1.83. The number of anilines is 1. The number of nitrogens with zero attached hydrogens (tertiary/aromatic N) is 2. The fourth-order valence-electron chi connectivity index (χ4n) is 5.33. The highest BCUT2D eigenvalue weighted by Gasteiger charge is 2.72. The van der Waals surface area contributed by atoms with Gasteiger partial charge in [-0.3, -0.25) is 4.31 Å². The Morgan fingerprint density at radius 3 is 2.59 bits per heavy atom. The van der Waals surface area contributed by atoms with Gasteiger partial charge in [0.2, 0.25) is 10.0 Å². The largest absolute Gasteiger partial charge is 0.417 e. The van der Waals surface area contributed by atoms with E-state index in [4.69, 9.17) is 5.26 Å². The molecule has 10 heteroatoms. The second-order valence-corrected chi connectivity index (χ2v) is 9.65. The average molecular weight is 402 g/mol. The molecule has 2 saturated carbocycles. The standard InChI is InChI=1S/C17H17F3N2O4S/c18-17(19,20)12-5-11(2-1-9(12)6-21)22-7-14-10-3-13(15(24)4-10)16(14,8-23)27(22,25)26/h1-2,5,10,13-15,23-24H,3-4,7-8H2/t10-,13-,14-,15-,16+/m0/s1. The number of rotatable bonds is 2. The van der Waals surface area contributed by atoms with Gasteiger partial charge in [0.1, 0.15) is 4.75 Å². The SMILES string of the molecule is N#Cc1ccc(N2C[C@H]3[C@@H]4C[C@H](O)[C@H](C4)[C@@]3(CO)S2(=O)=O)cc1C(F)(F)F. The van der Waals surface area contributed by atoms with Crippen LogP contribution in [0.1, 0.15) is 24.0 Å². The van der Waals surface area contributed by atoms with Gasteiger partial charge in [-0.15, -0.1) is 0 Å². The molecule has 1 aromatic carbocycles. The van der Waals surface area contributed by atoms with Crippen LogP contribution >= 0.6 is 0 Å². The summed E-state index contributed by atoms with van der Waals surface area (Å²) in [6.45, 7) is -0.725. The Hall–Kier alpha value is -1.83. The molecule has 3 fully saturated rings. The van der Waals surface area contributed by atoms with Crippen LogP contribution in [0.4, 0.5) is 18.9 Å². The summed E-state index contributed by atoms with van der Waals surface area (Å²) < 4.78 is 65.7. The van der Waals surface area contributed by atoms with Crippen LogP contribution in [0.3, 0.4) is 0 Å². The van der Waals surface area contributed by atoms with Gasteiger partial charge in [0, 0.05) is 18.4 Å². The van der Waals surface area contributed by atoms with Gasteiger partial charge in [0.25, 0.3) is 0 Å². The van der Waals surface area contributed by atoms with E-state index in [-0.39, 0.29) is 18.2 Å². The van der Waals surface area contributed by atoms with Gasteiger partial charge in [0.15, 0.2) is 0 Å². The lowest BCUT2D eigenvalue weighted by Gasteiger charge is -2.37. The van der Waals surface area contributed by atoms with E-state index in [1.807, 2.05) is 0 Å². The van der Waals surface area contributed by atoms with Gasteiger partial charge in [-0.05, 0) is 37.0 Å². The maximum Gasteiger partial charge on any atom is 0.417 e. The summed E-state index contributed by atoms with van der Waals surface area (Å²) in [5, 5.41) is 29.1. The van der Waals surface area contributed by atoms with Crippen molar-refractivity contribution in [3.05, 3.63) is 29.3 Å². The highest BCUT2D eigenvalue weighted by molar-refractivity contribution is 7.94. The van der Waals surface area contributed by atoms with Crippen LogP contribution < -0.4 is 4.31 Å². The van der Waals surface area contributed by atoms with Crippen molar-refractivity contribution >= 4 is 15.7 Å². The number of aliphatic hydroxyl groups excluding tert-OH is 2. The van der Waals surface area contributed by atoms with E-state index in [1.165, 1.54) is 12.1 Å². The molecule has 27 heavy (non-hydrogen) atoms. The minimum Gasteiger partial charge on any atom is -0.395 e. The molecular formula is C17H17F3N2O4S. The summed E-state index contributed by atoms with van der Waals surface area (Å²) in [7, 11) is -4.20. The summed E-state index contributed by atoms with van der Waals surface area (Å²) in [6, 6.07) is 4.27. The quantitative estimate of drug-likeness (QED) is 0.780. The summed E-state index contributed by atoms with van der Waals surface area (Å²) in [6.07, 6.45) is -4.73. The number of alkyl halides is 3. The highest BCUT2D eigenvalue weighted by atomic mass is 32.2. The summed E-state index contributed by atoms with van der Waals surface area (Å²) in [4.78, 5) is 0. The van der Waals surface area contributed by atoms with Gasteiger partial charge in [-0.1, -0.05) is 0 Å². The highest BCUT2D eigenvalue weighted by Crippen LogP contribution is 2.62. The monoisotopic (exact) mass is 402 g/mol. The Morgan fingerprint density at radius 1 is 1.30 bits per heavy atom. The smallest absolute Gasteiger partial charge is 0.395 e. The second kappa shape index (κ2) is 5.59. The van der Waals surface area contributed by atoms with Crippen LogP contribution in [0.5, 0.6) is 0 Å². The molecule has 0 spiro atoms. The van der Waals surface area contributed by atoms with Crippen molar-refractivity contribution in [1.82, 2.24) is 0 Å². The molecule has 2 N–H and O–H groups in total. The summed E-state index contributed by atoms with van der Waals surface area (Å²) in [5.41, 5.74) is -1.97. The van der Waals surface area contributed by atoms with Crippen LogP contribution in [0, 0.1) is 29.1 Å². The first-order valence-corrected chi connectivity index (χ1v) is 9.94. The van der Waals surface area contributed by atoms with E-state index >= 15 is 0 Å². The summed E-state index contributed by atoms with van der Waals surface area (Å²) in [5.74, 6) is -1.18. The number of benzene rings is 1. The van der Waals surface area contributed by atoms with Crippen LogP contribution in [0.25, 0.3) is 0 Å². The zero-order valence-corrected chi connectivity index (χ0v) is 14.8. The van der Waals surface area contributed by atoms with E-state index in [0.717, 1.165) is 10.4 Å². The molecule has 5 atom stereocenters. The number of sulfonamides is 1. The van der Waals surface area contributed by atoms with Crippen molar-refractivity contribution in [3.63, 3.8) is 0 Å². The number of hydrogen-bond acceptors (Lipinski definition) is 5. The molecule has 0 unspecified atom stereocenters.